The van der Waals surface area contributed by atoms with Gasteiger partial charge < -0.3 is 15.2 Å². The minimum atomic E-state index is -0.888. The molecule has 2 aromatic rings. The van der Waals surface area contributed by atoms with E-state index in [0.717, 1.165) is 12.0 Å². The molecule has 136 valence electrons. The van der Waals surface area contributed by atoms with Gasteiger partial charge in [-0.15, -0.1) is 0 Å². The van der Waals surface area contributed by atoms with Gasteiger partial charge in [-0.2, -0.15) is 5.10 Å². The number of phenols is 1. The van der Waals surface area contributed by atoms with Crippen molar-refractivity contribution in [2.75, 3.05) is 12.4 Å². The van der Waals surface area contributed by atoms with E-state index in [1.807, 2.05) is 41.6 Å². The van der Waals surface area contributed by atoms with Crippen LogP contribution < -0.4 is 15.5 Å². The molecule has 7 nitrogen and oxygen atoms in total. The maximum Gasteiger partial charge on any atom is 0.329 e. The van der Waals surface area contributed by atoms with Crippen molar-refractivity contribution in [1.82, 2.24) is 5.43 Å². The largest absolute Gasteiger partial charge is 0.504 e. The molecule has 0 saturated heterocycles. The molecule has 2 amide bonds. The number of hydrogen-bond donors (Lipinski definition) is 3. The van der Waals surface area contributed by atoms with Crippen LogP contribution in [0, 0.1) is 3.57 Å². The summed E-state index contributed by atoms with van der Waals surface area (Å²) in [4.78, 5) is 23.7. The van der Waals surface area contributed by atoms with Crippen LogP contribution >= 0.6 is 22.6 Å². The fourth-order valence-corrected chi connectivity index (χ4v) is 2.68. The van der Waals surface area contributed by atoms with Crippen LogP contribution in [-0.2, 0) is 16.0 Å². The highest BCUT2D eigenvalue weighted by Crippen LogP contribution is 2.31. The number of amides is 2. The summed E-state index contributed by atoms with van der Waals surface area (Å²) in [7, 11) is 1.44. The van der Waals surface area contributed by atoms with E-state index in [1.165, 1.54) is 13.3 Å². The third-order valence-corrected chi connectivity index (χ3v) is 4.30. The van der Waals surface area contributed by atoms with E-state index in [-0.39, 0.29) is 11.5 Å². The number of methoxy groups -OCH3 is 1. The second kappa shape index (κ2) is 9.18. The highest BCUT2D eigenvalue weighted by molar-refractivity contribution is 14.1. The Morgan fingerprint density at radius 2 is 1.92 bits per heavy atom. The Bertz CT molecular complexity index is 835. The average Bonchev–Trinajstić information content (AvgIpc) is 2.64. The van der Waals surface area contributed by atoms with Crippen LogP contribution in [0.25, 0.3) is 0 Å². The molecule has 0 radical (unpaired) electrons. The van der Waals surface area contributed by atoms with Gasteiger partial charge in [0.05, 0.1) is 16.9 Å². The lowest BCUT2D eigenvalue weighted by atomic mass is 10.1. The average molecular weight is 467 g/mol. The molecular formula is C18H18IN3O4. The third-order valence-electron chi connectivity index (χ3n) is 3.48. The lowest BCUT2D eigenvalue weighted by molar-refractivity contribution is -0.136. The van der Waals surface area contributed by atoms with Crippen LogP contribution in [0.3, 0.4) is 0 Å². The molecule has 0 saturated carbocycles. The van der Waals surface area contributed by atoms with Gasteiger partial charge in [0, 0.05) is 5.69 Å². The van der Waals surface area contributed by atoms with E-state index in [9.17, 15) is 14.7 Å². The van der Waals surface area contributed by atoms with E-state index in [2.05, 4.69) is 15.8 Å². The summed E-state index contributed by atoms with van der Waals surface area (Å²) in [5, 5.41) is 16.0. The van der Waals surface area contributed by atoms with Crippen LogP contribution in [0.5, 0.6) is 11.5 Å². The number of ether oxygens (including phenoxy) is 1. The number of phenolic OH excluding ortho intramolecular Hbond substituents is 1. The van der Waals surface area contributed by atoms with Gasteiger partial charge in [-0.05, 0) is 64.4 Å². The maximum absolute atomic E-state index is 11.9. The molecule has 3 N–H and O–H groups in total. The van der Waals surface area contributed by atoms with E-state index < -0.39 is 11.8 Å². The van der Waals surface area contributed by atoms with E-state index in [1.54, 1.807) is 24.3 Å². The van der Waals surface area contributed by atoms with Crippen molar-refractivity contribution in [2.24, 2.45) is 5.10 Å². The molecule has 0 heterocycles. The van der Waals surface area contributed by atoms with Crippen molar-refractivity contribution in [3.63, 3.8) is 0 Å². The topological polar surface area (TPSA) is 100 Å². The summed E-state index contributed by atoms with van der Waals surface area (Å²) in [5.74, 6) is -1.38. The van der Waals surface area contributed by atoms with Gasteiger partial charge in [0.1, 0.15) is 0 Å². The van der Waals surface area contributed by atoms with E-state index >= 15 is 0 Å². The SMILES string of the molecule is CCc1ccc(NC(=O)C(=O)N/N=C\c2cc(I)c(O)c(OC)c2)cc1. The summed E-state index contributed by atoms with van der Waals surface area (Å²) < 4.78 is 5.62. The van der Waals surface area contributed by atoms with E-state index in [4.69, 9.17) is 4.74 Å². The molecule has 0 fully saturated rings. The molecule has 2 aromatic carbocycles. The van der Waals surface area contributed by atoms with Gasteiger partial charge in [0.2, 0.25) is 0 Å². The van der Waals surface area contributed by atoms with Crippen molar-refractivity contribution in [3.05, 3.63) is 51.1 Å². The molecule has 0 spiro atoms. The molecule has 0 unspecified atom stereocenters. The molecular weight excluding hydrogens is 449 g/mol. The van der Waals surface area contributed by atoms with Crippen molar-refractivity contribution >= 4 is 46.3 Å². The summed E-state index contributed by atoms with van der Waals surface area (Å²) in [6.45, 7) is 2.03. The Morgan fingerprint density at radius 3 is 2.54 bits per heavy atom. The second-order valence-corrected chi connectivity index (χ2v) is 6.42. The number of halogens is 1. The first-order chi connectivity index (χ1) is 12.4. The van der Waals surface area contributed by atoms with Gasteiger partial charge >= 0.3 is 11.8 Å². The Hall–Kier alpha value is -2.62. The van der Waals surface area contributed by atoms with Gasteiger partial charge in [0.25, 0.3) is 0 Å². The quantitative estimate of drug-likeness (QED) is 0.273. The number of anilines is 1. The lowest BCUT2D eigenvalue weighted by Gasteiger charge is -2.06. The molecule has 0 aliphatic rings. The van der Waals surface area contributed by atoms with Crippen LogP contribution in [0.1, 0.15) is 18.1 Å². The fourth-order valence-electron chi connectivity index (χ4n) is 2.05. The number of benzene rings is 2. The number of rotatable bonds is 5. The number of aromatic hydroxyl groups is 1. The predicted molar refractivity (Wildman–Crippen MR) is 108 cm³/mol. The van der Waals surface area contributed by atoms with Crippen LogP contribution in [0.15, 0.2) is 41.5 Å². The van der Waals surface area contributed by atoms with Gasteiger partial charge in [-0.3, -0.25) is 9.59 Å². The number of aryl methyl sites for hydroxylation is 1. The molecule has 0 aliphatic heterocycles. The first-order valence-electron chi connectivity index (χ1n) is 7.74. The van der Waals surface area contributed by atoms with Crippen LogP contribution in [-0.4, -0.2) is 30.2 Å². The zero-order valence-electron chi connectivity index (χ0n) is 14.2. The Morgan fingerprint density at radius 1 is 1.23 bits per heavy atom. The zero-order chi connectivity index (χ0) is 19.1. The van der Waals surface area contributed by atoms with Crippen LogP contribution in [0.2, 0.25) is 0 Å². The Kier molecular flexibility index (Phi) is 6.96. The highest BCUT2D eigenvalue weighted by atomic mass is 127. The highest BCUT2D eigenvalue weighted by Gasteiger charge is 2.13. The maximum atomic E-state index is 11.9. The normalized spacial score (nSPS) is 10.6. The number of hydrogen-bond acceptors (Lipinski definition) is 5. The first-order valence-corrected chi connectivity index (χ1v) is 8.82. The molecule has 2 rings (SSSR count). The summed E-state index contributed by atoms with van der Waals surface area (Å²) >= 11 is 1.95. The van der Waals surface area contributed by atoms with Gasteiger partial charge in [-0.1, -0.05) is 19.1 Å². The predicted octanol–water partition coefficient (Wildman–Crippen LogP) is 2.66. The summed E-state index contributed by atoms with van der Waals surface area (Å²) in [5.41, 5.74) is 4.42. The van der Waals surface area contributed by atoms with Crippen molar-refractivity contribution in [2.45, 2.75) is 13.3 Å². The number of carbonyl (C=O) groups excluding carboxylic acids is 2. The first kappa shape index (κ1) is 19.7. The van der Waals surface area contributed by atoms with E-state index in [0.29, 0.717) is 14.8 Å². The Labute approximate surface area is 164 Å². The van der Waals surface area contributed by atoms with Gasteiger partial charge in [0.15, 0.2) is 11.5 Å². The van der Waals surface area contributed by atoms with Crippen molar-refractivity contribution in [3.8, 4) is 11.5 Å². The molecule has 26 heavy (non-hydrogen) atoms. The monoisotopic (exact) mass is 467 g/mol. The van der Waals surface area contributed by atoms with Crippen molar-refractivity contribution < 1.29 is 19.4 Å². The smallest absolute Gasteiger partial charge is 0.329 e. The molecule has 0 atom stereocenters. The lowest BCUT2D eigenvalue weighted by Crippen LogP contribution is -2.32. The number of carbonyl (C=O) groups is 2. The number of nitrogens with zero attached hydrogens (tertiary/aromatic N) is 1. The minimum Gasteiger partial charge on any atom is -0.504 e. The third kappa shape index (κ3) is 5.19. The van der Waals surface area contributed by atoms with Gasteiger partial charge in [-0.25, -0.2) is 5.43 Å². The number of hydrazone groups is 1. The summed E-state index contributed by atoms with van der Waals surface area (Å²) in [6, 6.07) is 10.4. The zero-order valence-corrected chi connectivity index (χ0v) is 16.4. The number of nitrogens with one attached hydrogen (secondary N) is 2. The van der Waals surface area contributed by atoms with Crippen LogP contribution in [0.4, 0.5) is 5.69 Å². The minimum absolute atomic E-state index is 0.0303. The summed E-state index contributed by atoms with van der Waals surface area (Å²) in [6.07, 6.45) is 2.25. The standard InChI is InChI=1S/C18H18IN3O4/c1-3-11-4-6-13(7-5-11)21-17(24)18(25)22-20-10-12-8-14(19)16(23)15(9-12)26-2/h4-10,23H,3H2,1-2H3,(H,21,24)(H,22,25)/b20-10-. The fraction of sp³-hybridized carbons (Fsp3) is 0.167. The molecule has 0 aromatic heterocycles. The molecule has 8 heteroatoms. The molecule has 0 bridgehead atoms. The van der Waals surface area contributed by atoms with Crippen molar-refractivity contribution in [1.29, 1.82) is 0 Å². The molecule has 0 aliphatic carbocycles. The Balaban J connectivity index is 1.95. The second-order valence-electron chi connectivity index (χ2n) is 5.26.